The van der Waals surface area contributed by atoms with E-state index in [2.05, 4.69) is 15.6 Å². The first-order valence-electron chi connectivity index (χ1n) is 8.97. The molecular formula is C20H23N3O3. The number of carbonyl (C=O) groups is 2. The Bertz CT molecular complexity index is 862. The van der Waals surface area contributed by atoms with Crippen LogP contribution >= 0.6 is 0 Å². The van der Waals surface area contributed by atoms with Gasteiger partial charge in [0.05, 0.1) is 6.61 Å². The molecule has 1 aromatic carbocycles. The molecule has 1 aromatic heterocycles. The molecule has 2 N–H and O–H groups in total. The molecule has 136 valence electrons. The van der Waals surface area contributed by atoms with E-state index in [1.165, 1.54) is 0 Å². The van der Waals surface area contributed by atoms with E-state index in [0.717, 1.165) is 28.1 Å². The summed E-state index contributed by atoms with van der Waals surface area (Å²) in [6.45, 7) is 6.49. The van der Waals surface area contributed by atoms with Gasteiger partial charge in [0, 0.05) is 41.5 Å². The van der Waals surface area contributed by atoms with Crippen molar-refractivity contribution in [3.63, 3.8) is 0 Å². The van der Waals surface area contributed by atoms with E-state index in [1.807, 2.05) is 32.9 Å². The van der Waals surface area contributed by atoms with Crippen LogP contribution in [0.1, 0.15) is 47.3 Å². The second kappa shape index (κ2) is 7.56. The van der Waals surface area contributed by atoms with E-state index in [-0.39, 0.29) is 11.8 Å². The van der Waals surface area contributed by atoms with E-state index in [0.29, 0.717) is 37.3 Å². The van der Waals surface area contributed by atoms with Gasteiger partial charge in [-0.2, -0.15) is 0 Å². The predicted molar refractivity (Wildman–Crippen MR) is 101 cm³/mol. The number of nitrogens with one attached hydrogen (secondary N) is 2. The van der Waals surface area contributed by atoms with E-state index < -0.39 is 0 Å². The standard InChI is InChI=1S/C18H17N3O3.C2H6/c1-10-8-12(9-11-2-3-15(22)21-16(10)11)20-17(23)13-4-6-19-18-14(13)5-7-24-18;1-2/h4,6,8-9H,2-3,5,7H2,1H3,(H,20,23)(H,21,22);1-2H3. The first-order valence-corrected chi connectivity index (χ1v) is 8.97. The third-order valence-electron chi connectivity index (χ3n) is 4.41. The van der Waals surface area contributed by atoms with Crippen LogP contribution in [-0.4, -0.2) is 23.4 Å². The Morgan fingerprint density at radius 2 is 2.04 bits per heavy atom. The Labute approximate surface area is 153 Å². The Balaban J connectivity index is 0.000000948. The fraction of sp³-hybridized carbons (Fsp3) is 0.350. The second-order valence-corrected chi connectivity index (χ2v) is 6.07. The van der Waals surface area contributed by atoms with Crippen LogP contribution in [0.5, 0.6) is 5.88 Å². The maximum Gasteiger partial charge on any atom is 0.256 e. The number of nitrogens with zero attached hydrogens (tertiary/aromatic N) is 1. The lowest BCUT2D eigenvalue weighted by Gasteiger charge is -2.20. The molecule has 26 heavy (non-hydrogen) atoms. The largest absolute Gasteiger partial charge is 0.477 e. The molecule has 4 rings (SSSR count). The maximum absolute atomic E-state index is 12.6. The van der Waals surface area contributed by atoms with Crippen LogP contribution in [0.2, 0.25) is 0 Å². The molecule has 0 aliphatic carbocycles. The zero-order valence-corrected chi connectivity index (χ0v) is 15.3. The van der Waals surface area contributed by atoms with Crippen molar-refractivity contribution in [1.29, 1.82) is 0 Å². The molecule has 0 atom stereocenters. The molecule has 0 saturated carbocycles. The number of fused-ring (bicyclic) bond motifs is 2. The van der Waals surface area contributed by atoms with Gasteiger partial charge in [0.25, 0.3) is 5.91 Å². The number of aromatic nitrogens is 1. The van der Waals surface area contributed by atoms with Crippen molar-refractivity contribution in [2.24, 2.45) is 0 Å². The van der Waals surface area contributed by atoms with Crippen molar-refractivity contribution in [2.45, 2.75) is 40.0 Å². The summed E-state index contributed by atoms with van der Waals surface area (Å²) >= 11 is 0. The predicted octanol–water partition coefficient (Wildman–Crippen LogP) is 3.49. The number of rotatable bonds is 2. The van der Waals surface area contributed by atoms with Crippen LogP contribution in [0.3, 0.4) is 0 Å². The van der Waals surface area contributed by atoms with Crippen LogP contribution in [0.4, 0.5) is 11.4 Å². The van der Waals surface area contributed by atoms with Crippen LogP contribution in [0.15, 0.2) is 24.4 Å². The number of hydrogen-bond acceptors (Lipinski definition) is 4. The quantitative estimate of drug-likeness (QED) is 0.866. The van der Waals surface area contributed by atoms with Crippen LogP contribution in [0.25, 0.3) is 0 Å². The Morgan fingerprint density at radius 3 is 2.85 bits per heavy atom. The van der Waals surface area contributed by atoms with Gasteiger partial charge in [-0.05, 0) is 42.7 Å². The minimum Gasteiger partial charge on any atom is -0.477 e. The average Bonchev–Trinajstić information content (AvgIpc) is 3.13. The number of pyridine rings is 1. The number of hydrogen-bond donors (Lipinski definition) is 2. The number of aryl methyl sites for hydroxylation is 2. The van der Waals surface area contributed by atoms with Crippen LogP contribution < -0.4 is 15.4 Å². The van der Waals surface area contributed by atoms with E-state index >= 15 is 0 Å². The van der Waals surface area contributed by atoms with Crippen molar-refractivity contribution in [1.82, 2.24) is 4.98 Å². The van der Waals surface area contributed by atoms with Gasteiger partial charge in [-0.25, -0.2) is 4.98 Å². The fourth-order valence-electron chi connectivity index (χ4n) is 3.26. The summed E-state index contributed by atoms with van der Waals surface area (Å²) in [5, 5.41) is 5.85. The Hall–Kier alpha value is -2.89. The zero-order chi connectivity index (χ0) is 18.7. The van der Waals surface area contributed by atoms with Crippen molar-refractivity contribution in [3.05, 3.63) is 46.6 Å². The summed E-state index contributed by atoms with van der Waals surface area (Å²) < 4.78 is 5.41. The molecule has 2 amide bonds. The average molecular weight is 353 g/mol. The lowest BCUT2D eigenvalue weighted by atomic mass is 9.98. The lowest BCUT2D eigenvalue weighted by Crippen LogP contribution is -2.21. The van der Waals surface area contributed by atoms with Crippen molar-refractivity contribution in [3.8, 4) is 5.88 Å². The van der Waals surface area contributed by atoms with Gasteiger partial charge in [-0.15, -0.1) is 0 Å². The van der Waals surface area contributed by atoms with Gasteiger partial charge in [0.1, 0.15) is 0 Å². The minimum atomic E-state index is -0.168. The molecule has 6 nitrogen and oxygen atoms in total. The second-order valence-electron chi connectivity index (χ2n) is 6.07. The first kappa shape index (κ1) is 17.9. The third kappa shape index (κ3) is 3.40. The van der Waals surface area contributed by atoms with Crippen molar-refractivity contribution in [2.75, 3.05) is 17.2 Å². The molecule has 2 aromatic rings. The number of anilines is 2. The topological polar surface area (TPSA) is 80.3 Å². The summed E-state index contributed by atoms with van der Waals surface area (Å²) in [4.78, 5) is 28.3. The molecule has 0 fully saturated rings. The Morgan fingerprint density at radius 1 is 1.23 bits per heavy atom. The molecule has 0 unspecified atom stereocenters. The highest BCUT2D eigenvalue weighted by Crippen LogP contribution is 2.31. The molecule has 2 aliphatic rings. The van der Waals surface area contributed by atoms with Gasteiger partial charge < -0.3 is 15.4 Å². The molecular weight excluding hydrogens is 330 g/mol. The molecule has 2 aliphatic heterocycles. The maximum atomic E-state index is 12.6. The summed E-state index contributed by atoms with van der Waals surface area (Å²) in [6, 6.07) is 5.52. The first-order chi connectivity index (χ1) is 12.6. The Kier molecular flexibility index (Phi) is 5.21. The normalized spacial score (nSPS) is 14.2. The summed E-state index contributed by atoms with van der Waals surface area (Å²) in [5.74, 6) is 0.417. The summed E-state index contributed by atoms with van der Waals surface area (Å²) in [5.41, 5.74) is 5.05. The van der Waals surface area contributed by atoms with E-state index in [1.54, 1.807) is 12.3 Å². The van der Waals surface area contributed by atoms with E-state index in [4.69, 9.17) is 4.74 Å². The number of amides is 2. The molecule has 0 spiro atoms. The van der Waals surface area contributed by atoms with Gasteiger partial charge in [-0.1, -0.05) is 13.8 Å². The van der Waals surface area contributed by atoms with Crippen molar-refractivity contribution < 1.29 is 14.3 Å². The van der Waals surface area contributed by atoms with Gasteiger partial charge in [0.2, 0.25) is 11.8 Å². The van der Waals surface area contributed by atoms with Gasteiger partial charge in [0.15, 0.2) is 0 Å². The van der Waals surface area contributed by atoms with Crippen molar-refractivity contribution >= 4 is 23.2 Å². The smallest absolute Gasteiger partial charge is 0.256 e. The third-order valence-corrected chi connectivity index (χ3v) is 4.41. The molecule has 6 heteroatoms. The number of ether oxygens (including phenoxy) is 1. The fourth-order valence-corrected chi connectivity index (χ4v) is 3.26. The van der Waals surface area contributed by atoms with Gasteiger partial charge >= 0.3 is 0 Å². The van der Waals surface area contributed by atoms with Gasteiger partial charge in [-0.3, -0.25) is 9.59 Å². The minimum absolute atomic E-state index is 0.0368. The van der Waals surface area contributed by atoms with Crippen LogP contribution in [-0.2, 0) is 17.6 Å². The highest BCUT2D eigenvalue weighted by molar-refractivity contribution is 6.06. The molecule has 3 heterocycles. The number of carbonyl (C=O) groups excluding carboxylic acids is 2. The highest BCUT2D eigenvalue weighted by atomic mass is 16.5. The van der Waals surface area contributed by atoms with Crippen LogP contribution in [0, 0.1) is 6.92 Å². The number of benzene rings is 1. The SMILES string of the molecule is CC.Cc1cc(NC(=O)c2ccnc3c2CCO3)cc2c1NC(=O)CC2. The summed E-state index contributed by atoms with van der Waals surface area (Å²) in [7, 11) is 0. The highest BCUT2D eigenvalue weighted by Gasteiger charge is 2.22. The lowest BCUT2D eigenvalue weighted by molar-refractivity contribution is -0.116. The summed E-state index contributed by atoms with van der Waals surface area (Å²) in [6.07, 6.45) is 3.44. The molecule has 0 bridgehead atoms. The zero-order valence-electron chi connectivity index (χ0n) is 15.3. The molecule has 0 radical (unpaired) electrons. The monoisotopic (exact) mass is 353 g/mol. The van der Waals surface area contributed by atoms with E-state index in [9.17, 15) is 9.59 Å². The molecule has 0 saturated heterocycles.